The molecule has 1 aromatic carbocycles. The van der Waals surface area contributed by atoms with Gasteiger partial charge in [0.2, 0.25) is 0 Å². The van der Waals surface area contributed by atoms with Crippen LogP contribution in [-0.2, 0) is 6.54 Å². The van der Waals surface area contributed by atoms with Gasteiger partial charge in [-0.05, 0) is 26.1 Å². The first kappa shape index (κ1) is 14.1. The summed E-state index contributed by atoms with van der Waals surface area (Å²) in [7, 11) is 0. The van der Waals surface area contributed by atoms with Gasteiger partial charge in [0.05, 0.1) is 0 Å². The summed E-state index contributed by atoms with van der Waals surface area (Å²) in [6.45, 7) is 10.2. The standard InChI is InChI=1S/C14H23FN2/c1-4-17(5-2)11-12(3)16-10-13-8-6-7-9-14(13)15/h6-9,12,16H,4-5,10-11H2,1-3H3. The number of likely N-dealkylation sites (N-methyl/N-ethyl adjacent to an activating group) is 1. The van der Waals surface area contributed by atoms with Crippen molar-refractivity contribution in [3.8, 4) is 0 Å². The fourth-order valence-corrected chi connectivity index (χ4v) is 1.86. The minimum absolute atomic E-state index is 0.130. The molecule has 0 radical (unpaired) electrons. The predicted octanol–water partition coefficient (Wildman–Crippen LogP) is 2.65. The van der Waals surface area contributed by atoms with Crippen molar-refractivity contribution >= 4 is 0 Å². The molecule has 3 heteroatoms. The molecule has 1 aromatic rings. The van der Waals surface area contributed by atoms with E-state index in [-0.39, 0.29) is 5.82 Å². The Bertz CT molecular complexity index is 324. The van der Waals surface area contributed by atoms with Crippen LogP contribution in [0.25, 0.3) is 0 Å². The van der Waals surface area contributed by atoms with Crippen molar-refractivity contribution in [1.82, 2.24) is 10.2 Å². The molecular formula is C14H23FN2. The zero-order valence-corrected chi connectivity index (χ0v) is 11.0. The van der Waals surface area contributed by atoms with Crippen LogP contribution in [0, 0.1) is 5.82 Å². The Labute approximate surface area is 104 Å². The normalized spacial score (nSPS) is 13.0. The third kappa shape index (κ3) is 4.84. The van der Waals surface area contributed by atoms with Gasteiger partial charge in [0.25, 0.3) is 0 Å². The van der Waals surface area contributed by atoms with Crippen LogP contribution in [0.3, 0.4) is 0 Å². The summed E-state index contributed by atoms with van der Waals surface area (Å²) in [5.74, 6) is -0.130. The van der Waals surface area contributed by atoms with Gasteiger partial charge in [-0.3, -0.25) is 0 Å². The van der Waals surface area contributed by atoms with Gasteiger partial charge in [-0.2, -0.15) is 0 Å². The molecule has 0 amide bonds. The van der Waals surface area contributed by atoms with Crippen molar-refractivity contribution in [2.24, 2.45) is 0 Å². The summed E-state index contributed by atoms with van der Waals surface area (Å²) >= 11 is 0. The smallest absolute Gasteiger partial charge is 0.127 e. The van der Waals surface area contributed by atoms with Crippen molar-refractivity contribution in [2.75, 3.05) is 19.6 Å². The van der Waals surface area contributed by atoms with Gasteiger partial charge < -0.3 is 10.2 Å². The van der Waals surface area contributed by atoms with Gasteiger partial charge in [0.15, 0.2) is 0 Å². The van der Waals surface area contributed by atoms with Crippen LogP contribution in [0.1, 0.15) is 26.3 Å². The highest BCUT2D eigenvalue weighted by atomic mass is 19.1. The van der Waals surface area contributed by atoms with Crippen molar-refractivity contribution in [1.29, 1.82) is 0 Å². The van der Waals surface area contributed by atoms with E-state index in [0.717, 1.165) is 25.2 Å². The lowest BCUT2D eigenvalue weighted by molar-refractivity contribution is 0.270. The number of halogens is 1. The van der Waals surface area contributed by atoms with Crippen LogP contribution >= 0.6 is 0 Å². The highest BCUT2D eigenvalue weighted by molar-refractivity contribution is 5.16. The monoisotopic (exact) mass is 238 g/mol. The van der Waals surface area contributed by atoms with E-state index in [1.54, 1.807) is 6.07 Å². The predicted molar refractivity (Wildman–Crippen MR) is 70.5 cm³/mol. The van der Waals surface area contributed by atoms with Crippen molar-refractivity contribution in [2.45, 2.75) is 33.4 Å². The SMILES string of the molecule is CCN(CC)CC(C)NCc1ccccc1F. The maximum Gasteiger partial charge on any atom is 0.127 e. The second-order valence-corrected chi connectivity index (χ2v) is 4.36. The zero-order valence-electron chi connectivity index (χ0n) is 11.0. The summed E-state index contributed by atoms with van der Waals surface area (Å²) in [5, 5.41) is 3.36. The Balaban J connectivity index is 2.38. The molecule has 0 spiro atoms. The third-order valence-corrected chi connectivity index (χ3v) is 3.03. The van der Waals surface area contributed by atoms with Crippen LogP contribution in [0.2, 0.25) is 0 Å². The molecule has 0 aliphatic rings. The summed E-state index contributed by atoms with van der Waals surface area (Å²) in [6.07, 6.45) is 0. The largest absolute Gasteiger partial charge is 0.309 e. The van der Waals surface area contributed by atoms with E-state index in [2.05, 4.69) is 31.0 Å². The summed E-state index contributed by atoms with van der Waals surface area (Å²) in [5.41, 5.74) is 0.735. The second kappa shape index (κ2) is 7.41. The minimum Gasteiger partial charge on any atom is -0.309 e. The molecule has 2 nitrogen and oxygen atoms in total. The Morgan fingerprint density at radius 1 is 1.24 bits per heavy atom. The molecule has 1 unspecified atom stereocenters. The van der Waals surface area contributed by atoms with E-state index in [1.165, 1.54) is 6.07 Å². The molecule has 1 atom stereocenters. The maximum atomic E-state index is 13.4. The Morgan fingerprint density at radius 2 is 1.88 bits per heavy atom. The Morgan fingerprint density at radius 3 is 2.47 bits per heavy atom. The van der Waals surface area contributed by atoms with Crippen molar-refractivity contribution < 1.29 is 4.39 Å². The van der Waals surface area contributed by atoms with Gasteiger partial charge in [0.1, 0.15) is 5.82 Å². The fraction of sp³-hybridized carbons (Fsp3) is 0.571. The number of nitrogens with zero attached hydrogens (tertiary/aromatic N) is 1. The molecule has 0 saturated carbocycles. The summed E-state index contributed by atoms with van der Waals surface area (Å²) in [6, 6.07) is 7.29. The van der Waals surface area contributed by atoms with E-state index in [9.17, 15) is 4.39 Å². The lowest BCUT2D eigenvalue weighted by Crippen LogP contribution is -2.38. The van der Waals surface area contributed by atoms with Crippen molar-refractivity contribution in [3.05, 3.63) is 35.6 Å². The number of hydrogen-bond acceptors (Lipinski definition) is 2. The second-order valence-electron chi connectivity index (χ2n) is 4.36. The first-order valence-corrected chi connectivity index (χ1v) is 6.36. The first-order valence-electron chi connectivity index (χ1n) is 6.36. The summed E-state index contributed by atoms with van der Waals surface area (Å²) < 4.78 is 13.4. The number of nitrogens with one attached hydrogen (secondary N) is 1. The molecule has 0 aromatic heterocycles. The van der Waals surface area contributed by atoms with Gasteiger partial charge in [-0.15, -0.1) is 0 Å². The minimum atomic E-state index is -0.130. The Hall–Kier alpha value is -0.930. The third-order valence-electron chi connectivity index (χ3n) is 3.03. The molecule has 0 aliphatic heterocycles. The van der Waals surface area contributed by atoms with Crippen molar-refractivity contribution in [3.63, 3.8) is 0 Å². The average Bonchev–Trinajstić information content (AvgIpc) is 2.35. The van der Waals surface area contributed by atoms with Gasteiger partial charge in [-0.25, -0.2) is 4.39 Å². The molecule has 0 heterocycles. The zero-order chi connectivity index (χ0) is 12.7. The van der Waals surface area contributed by atoms with E-state index >= 15 is 0 Å². The van der Waals surface area contributed by atoms with Crippen LogP contribution in [-0.4, -0.2) is 30.6 Å². The van der Waals surface area contributed by atoms with Crippen LogP contribution in [0.4, 0.5) is 4.39 Å². The number of benzene rings is 1. The molecule has 0 saturated heterocycles. The maximum absolute atomic E-state index is 13.4. The van der Waals surface area contributed by atoms with Crippen LogP contribution in [0.15, 0.2) is 24.3 Å². The number of hydrogen-bond donors (Lipinski definition) is 1. The fourth-order valence-electron chi connectivity index (χ4n) is 1.86. The molecule has 1 rings (SSSR count). The molecule has 96 valence electrons. The van der Waals surface area contributed by atoms with Gasteiger partial charge >= 0.3 is 0 Å². The molecule has 0 fully saturated rings. The number of rotatable bonds is 7. The van der Waals surface area contributed by atoms with E-state index in [0.29, 0.717) is 12.6 Å². The quantitative estimate of drug-likeness (QED) is 0.785. The molecule has 1 N–H and O–H groups in total. The van der Waals surface area contributed by atoms with Crippen LogP contribution in [0.5, 0.6) is 0 Å². The molecular weight excluding hydrogens is 215 g/mol. The molecule has 0 aliphatic carbocycles. The van der Waals surface area contributed by atoms with E-state index < -0.39 is 0 Å². The highest BCUT2D eigenvalue weighted by Gasteiger charge is 2.07. The first-order chi connectivity index (χ1) is 8.17. The van der Waals surface area contributed by atoms with Gasteiger partial charge in [-0.1, -0.05) is 32.0 Å². The molecule has 17 heavy (non-hydrogen) atoms. The summed E-state index contributed by atoms with van der Waals surface area (Å²) in [4.78, 5) is 2.36. The Kier molecular flexibility index (Phi) is 6.16. The van der Waals surface area contributed by atoms with Crippen LogP contribution < -0.4 is 5.32 Å². The topological polar surface area (TPSA) is 15.3 Å². The molecule has 0 bridgehead atoms. The van der Waals surface area contributed by atoms with E-state index in [4.69, 9.17) is 0 Å². The lowest BCUT2D eigenvalue weighted by Gasteiger charge is -2.23. The van der Waals surface area contributed by atoms with Gasteiger partial charge in [0, 0.05) is 24.7 Å². The average molecular weight is 238 g/mol. The highest BCUT2D eigenvalue weighted by Crippen LogP contribution is 2.06. The lowest BCUT2D eigenvalue weighted by atomic mass is 10.2. The van der Waals surface area contributed by atoms with E-state index in [1.807, 2.05) is 12.1 Å².